The molecule has 3 rings (SSSR count). The Morgan fingerprint density at radius 3 is 2.80 bits per heavy atom. The fourth-order valence-corrected chi connectivity index (χ4v) is 3.77. The highest BCUT2D eigenvalue weighted by Gasteiger charge is 2.22. The van der Waals surface area contributed by atoms with Crippen molar-refractivity contribution in [2.45, 2.75) is 38.0 Å². The molecule has 3 atom stereocenters. The predicted molar refractivity (Wildman–Crippen MR) is 116 cm³/mol. The van der Waals surface area contributed by atoms with Crippen molar-refractivity contribution >= 4 is 28.4 Å². The van der Waals surface area contributed by atoms with Gasteiger partial charge >= 0.3 is 0 Å². The summed E-state index contributed by atoms with van der Waals surface area (Å²) in [6.45, 7) is 2.34. The molecule has 158 valence electrons. The quantitative estimate of drug-likeness (QED) is 0.407. The third-order valence-electron chi connectivity index (χ3n) is 5.52. The van der Waals surface area contributed by atoms with Crippen LogP contribution in [0.2, 0.25) is 0 Å². The van der Waals surface area contributed by atoms with E-state index in [0.29, 0.717) is 6.04 Å². The maximum atomic E-state index is 12.3. The fraction of sp³-hybridized carbons (Fsp3) is 0.391. The van der Waals surface area contributed by atoms with E-state index in [-0.39, 0.29) is 12.1 Å². The number of nitrogens with zero attached hydrogens (tertiary/aromatic N) is 2. The molecule has 3 unspecified atom stereocenters. The molecule has 0 radical (unpaired) electrons. The van der Waals surface area contributed by atoms with E-state index in [9.17, 15) is 20.3 Å². The smallest absolute Gasteiger partial charge is 0.262 e. The molecule has 0 bridgehead atoms. The third kappa shape index (κ3) is 4.79. The molecule has 30 heavy (non-hydrogen) atoms. The number of carbonyl (C=O) groups excluding carboxylic acids is 1. The lowest BCUT2D eigenvalue weighted by molar-refractivity contribution is -0.118. The zero-order chi connectivity index (χ0) is 21.7. The molecule has 1 heterocycles. The molecule has 0 saturated carbocycles. The summed E-state index contributed by atoms with van der Waals surface area (Å²) in [5.74, 6) is -0.650. The van der Waals surface area contributed by atoms with Gasteiger partial charge in [-0.25, -0.2) is 0 Å². The van der Waals surface area contributed by atoms with Crippen LogP contribution >= 0.6 is 0 Å². The first-order valence-corrected chi connectivity index (χ1v) is 10.1. The minimum absolute atomic E-state index is 0.105. The minimum atomic E-state index is -1.35. The molecular weight excluding hydrogens is 382 g/mol. The molecule has 0 aromatic heterocycles. The number of nitrogens with one attached hydrogen (secondary N) is 1. The molecular formula is C23H27N3O4. The van der Waals surface area contributed by atoms with E-state index in [1.807, 2.05) is 36.4 Å². The zero-order valence-corrected chi connectivity index (χ0v) is 17.0. The normalized spacial score (nSPS) is 18.8. The van der Waals surface area contributed by atoms with Crippen LogP contribution in [-0.2, 0) is 4.79 Å². The van der Waals surface area contributed by atoms with Crippen LogP contribution in [0.1, 0.15) is 25.3 Å². The number of hydrogen-bond acceptors (Lipinski definition) is 6. The van der Waals surface area contributed by atoms with Gasteiger partial charge in [-0.3, -0.25) is 4.79 Å². The Hall–Kier alpha value is -2.92. The van der Waals surface area contributed by atoms with E-state index in [4.69, 9.17) is 5.11 Å². The topological polar surface area (TPSA) is 117 Å². The molecule has 7 heteroatoms. The van der Waals surface area contributed by atoms with Gasteiger partial charge in [-0.15, -0.1) is 0 Å². The lowest BCUT2D eigenvalue weighted by Crippen LogP contribution is -2.40. The molecule has 1 fully saturated rings. The minimum Gasteiger partial charge on any atom is -0.394 e. The summed E-state index contributed by atoms with van der Waals surface area (Å²) < 4.78 is 0. The molecule has 0 spiro atoms. The first kappa shape index (κ1) is 21.8. The summed E-state index contributed by atoms with van der Waals surface area (Å²) in [5, 5.41) is 41.8. The summed E-state index contributed by atoms with van der Waals surface area (Å²) in [4.78, 5) is 14.7. The van der Waals surface area contributed by atoms with Crippen molar-refractivity contribution in [3.05, 3.63) is 47.5 Å². The van der Waals surface area contributed by atoms with Crippen LogP contribution in [0.3, 0.4) is 0 Å². The van der Waals surface area contributed by atoms with Gasteiger partial charge in [-0.1, -0.05) is 24.3 Å². The second-order valence-corrected chi connectivity index (χ2v) is 7.64. The summed E-state index contributed by atoms with van der Waals surface area (Å²) in [5.41, 5.74) is 1.77. The third-order valence-corrected chi connectivity index (χ3v) is 5.52. The van der Waals surface area contributed by atoms with Crippen LogP contribution in [0.25, 0.3) is 16.8 Å². The number of fused-ring (bicyclic) bond motifs is 1. The molecule has 1 amide bonds. The van der Waals surface area contributed by atoms with Crippen LogP contribution in [0.15, 0.2) is 42.0 Å². The molecule has 1 aliphatic rings. The van der Waals surface area contributed by atoms with Crippen molar-refractivity contribution in [3.63, 3.8) is 0 Å². The molecule has 4 N–H and O–H groups in total. The lowest BCUT2D eigenvalue weighted by Gasteiger charge is -2.25. The van der Waals surface area contributed by atoms with E-state index in [1.54, 1.807) is 0 Å². The van der Waals surface area contributed by atoms with Crippen molar-refractivity contribution in [1.29, 1.82) is 5.26 Å². The predicted octanol–water partition coefficient (Wildman–Crippen LogP) is 1.57. The second kappa shape index (κ2) is 9.72. The van der Waals surface area contributed by atoms with Crippen molar-refractivity contribution in [3.8, 4) is 6.07 Å². The van der Waals surface area contributed by atoms with Gasteiger partial charge in [0.05, 0.1) is 12.7 Å². The number of hydrogen-bond donors (Lipinski definition) is 4. The Bertz CT molecular complexity index is 982. The number of aliphatic hydroxyl groups is 3. The summed E-state index contributed by atoms with van der Waals surface area (Å²) >= 11 is 0. The van der Waals surface area contributed by atoms with E-state index < -0.39 is 24.7 Å². The number of benzene rings is 2. The molecule has 0 aliphatic carbocycles. The van der Waals surface area contributed by atoms with Crippen LogP contribution < -0.4 is 10.2 Å². The van der Waals surface area contributed by atoms with Crippen molar-refractivity contribution in [2.24, 2.45) is 0 Å². The van der Waals surface area contributed by atoms with Gasteiger partial charge in [0.15, 0.2) is 0 Å². The maximum absolute atomic E-state index is 12.3. The summed E-state index contributed by atoms with van der Waals surface area (Å²) in [6.07, 6.45) is 1.16. The molecule has 7 nitrogen and oxygen atoms in total. The van der Waals surface area contributed by atoms with Gasteiger partial charge in [0, 0.05) is 30.2 Å². The highest BCUT2D eigenvalue weighted by atomic mass is 16.4. The standard InChI is InChI=1S/C23H27N3O4/c1-15-4-3-9-26(15)20-6-2-5-17-8-7-16(11-19(17)20)10-18(12-24)23(30)25-13-21(28)22(29)14-27/h2,5-8,10-11,15,21-22,27-29H,3-4,9,13-14H2,1H3,(H,25,30)/b18-10+. The number of nitriles is 1. The average Bonchev–Trinajstić information content (AvgIpc) is 3.19. The molecule has 1 aliphatic heterocycles. The molecule has 1 saturated heterocycles. The van der Waals surface area contributed by atoms with E-state index >= 15 is 0 Å². The molecule has 2 aromatic rings. The number of anilines is 1. The van der Waals surface area contributed by atoms with Crippen LogP contribution in [0, 0.1) is 11.3 Å². The maximum Gasteiger partial charge on any atom is 0.262 e. The van der Waals surface area contributed by atoms with Crippen LogP contribution in [0.5, 0.6) is 0 Å². The van der Waals surface area contributed by atoms with Gasteiger partial charge in [0.2, 0.25) is 0 Å². The largest absolute Gasteiger partial charge is 0.394 e. The Kier molecular flexibility index (Phi) is 7.06. The second-order valence-electron chi connectivity index (χ2n) is 7.64. The van der Waals surface area contributed by atoms with Gasteiger partial charge < -0.3 is 25.5 Å². The number of aliphatic hydroxyl groups excluding tert-OH is 3. The summed E-state index contributed by atoms with van der Waals surface area (Å²) in [7, 11) is 0. The fourth-order valence-electron chi connectivity index (χ4n) is 3.77. The summed E-state index contributed by atoms with van der Waals surface area (Å²) in [6, 6.07) is 14.3. The highest BCUT2D eigenvalue weighted by Crippen LogP contribution is 2.33. The lowest BCUT2D eigenvalue weighted by atomic mass is 10.0. The van der Waals surface area contributed by atoms with Gasteiger partial charge in [0.25, 0.3) is 5.91 Å². The van der Waals surface area contributed by atoms with Crippen LogP contribution in [0.4, 0.5) is 5.69 Å². The van der Waals surface area contributed by atoms with E-state index in [2.05, 4.69) is 23.2 Å². The van der Waals surface area contributed by atoms with E-state index in [0.717, 1.165) is 41.4 Å². The number of rotatable bonds is 7. The van der Waals surface area contributed by atoms with E-state index in [1.165, 1.54) is 6.08 Å². The Morgan fingerprint density at radius 1 is 1.33 bits per heavy atom. The van der Waals surface area contributed by atoms with Crippen molar-refractivity contribution < 1.29 is 20.1 Å². The zero-order valence-electron chi connectivity index (χ0n) is 17.0. The van der Waals surface area contributed by atoms with Crippen molar-refractivity contribution in [1.82, 2.24) is 5.32 Å². The highest BCUT2D eigenvalue weighted by molar-refractivity contribution is 6.03. The molecule has 2 aromatic carbocycles. The Morgan fingerprint density at radius 2 is 2.13 bits per heavy atom. The average molecular weight is 409 g/mol. The first-order valence-electron chi connectivity index (χ1n) is 10.1. The number of carbonyl (C=O) groups is 1. The number of amides is 1. The van der Waals surface area contributed by atoms with Crippen molar-refractivity contribution in [2.75, 3.05) is 24.6 Å². The Labute approximate surface area is 175 Å². The first-order chi connectivity index (χ1) is 14.4. The SMILES string of the molecule is CC1CCCN1c1cccc2ccc(/C=C(\C#N)C(=O)NCC(O)C(O)CO)cc12. The van der Waals surface area contributed by atoms with Crippen LogP contribution in [-0.4, -0.2) is 59.2 Å². The van der Waals surface area contributed by atoms with Gasteiger partial charge in [0.1, 0.15) is 17.7 Å². The van der Waals surface area contributed by atoms with Gasteiger partial charge in [-0.05, 0) is 48.9 Å². The monoisotopic (exact) mass is 409 g/mol. The Balaban J connectivity index is 1.85. The van der Waals surface area contributed by atoms with Gasteiger partial charge in [-0.2, -0.15) is 5.26 Å².